The number of benzene rings is 1. The summed E-state index contributed by atoms with van der Waals surface area (Å²) < 4.78 is 11.1. The van der Waals surface area contributed by atoms with Gasteiger partial charge in [-0.1, -0.05) is 23.4 Å². The fourth-order valence-corrected chi connectivity index (χ4v) is 4.23. The zero-order chi connectivity index (χ0) is 17.9. The maximum absolute atomic E-state index is 6.02. The maximum atomic E-state index is 6.02. The van der Waals surface area contributed by atoms with Crippen molar-refractivity contribution in [2.45, 2.75) is 20.1 Å². The summed E-state index contributed by atoms with van der Waals surface area (Å²) in [7, 11) is 0. The quantitative estimate of drug-likeness (QED) is 0.818. The highest BCUT2D eigenvalue weighted by Gasteiger charge is 2.41. The fraction of sp³-hybridized carbons (Fsp3) is 0.650. The average molecular weight is 359 g/mol. The van der Waals surface area contributed by atoms with Crippen LogP contribution in [-0.2, 0) is 14.3 Å². The lowest BCUT2D eigenvalue weighted by Gasteiger charge is -2.36. The van der Waals surface area contributed by atoms with Crippen LogP contribution in [0.25, 0.3) is 0 Å². The minimum atomic E-state index is -0.00393. The van der Waals surface area contributed by atoms with Crippen LogP contribution >= 0.6 is 0 Å². The first-order valence-corrected chi connectivity index (χ1v) is 9.66. The van der Waals surface area contributed by atoms with E-state index in [9.17, 15) is 0 Å². The van der Waals surface area contributed by atoms with Crippen molar-refractivity contribution >= 4 is 5.71 Å². The smallest absolute Gasteiger partial charge is 0.191 e. The zero-order valence-electron chi connectivity index (χ0n) is 15.8. The maximum Gasteiger partial charge on any atom is 0.191 e. The van der Waals surface area contributed by atoms with E-state index in [-0.39, 0.29) is 12.1 Å². The molecule has 3 aliphatic rings. The topological polar surface area (TPSA) is 46.5 Å². The van der Waals surface area contributed by atoms with Crippen LogP contribution in [0.15, 0.2) is 23.4 Å². The van der Waals surface area contributed by atoms with E-state index < -0.39 is 0 Å². The molecule has 0 bridgehead atoms. The summed E-state index contributed by atoms with van der Waals surface area (Å²) in [6.45, 7) is 12.2. The number of aryl methyl sites for hydroxylation is 2. The molecule has 0 saturated carbocycles. The number of hydrogen-bond acceptors (Lipinski definition) is 6. The molecule has 26 heavy (non-hydrogen) atoms. The van der Waals surface area contributed by atoms with Gasteiger partial charge < -0.3 is 14.3 Å². The Morgan fingerprint density at radius 3 is 2.23 bits per heavy atom. The Bertz CT molecular complexity index is 631. The van der Waals surface area contributed by atoms with Crippen molar-refractivity contribution in [1.82, 2.24) is 9.80 Å². The zero-order valence-corrected chi connectivity index (χ0v) is 15.8. The van der Waals surface area contributed by atoms with Gasteiger partial charge in [-0.15, -0.1) is 0 Å². The lowest BCUT2D eigenvalue weighted by molar-refractivity contribution is -0.102. The van der Waals surface area contributed by atoms with Crippen molar-refractivity contribution in [2.24, 2.45) is 11.1 Å². The van der Waals surface area contributed by atoms with E-state index >= 15 is 0 Å². The molecule has 1 aromatic rings. The highest BCUT2D eigenvalue weighted by atomic mass is 16.7. The number of hydrogen-bond donors (Lipinski definition) is 0. The Labute approximate surface area is 155 Å². The normalized spacial score (nSPS) is 28.0. The molecule has 0 unspecified atom stereocenters. The van der Waals surface area contributed by atoms with Crippen LogP contribution in [0.5, 0.6) is 0 Å². The summed E-state index contributed by atoms with van der Waals surface area (Å²) in [5.41, 5.74) is 4.88. The van der Waals surface area contributed by atoms with Crippen LogP contribution in [0.2, 0.25) is 0 Å². The van der Waals surface area contributed by atoms with Gasteiger partial charge in [-0.25, -0.2) is 0 Å². The lowest BCUT2D eigenvalue weighted by atomic mass is 9.89. The van der Waals surface area contributed by atoms with Gasteiger partial charge in [0.2, 0.25) is 0 Å². The molecule has 2 saturated heterocycles. The highest BCUT2D eigenvalue weighted by molar-refractivity contribution is 6.05. The van der Waals surface area contributed by atoms with Gasteiger partial charge in [0.15, 0.2) is 6.23 Å². The molecule has 6 heteroatoms. The molecule has 6 nitrogen and oxygen atoms in total. The Balaban J connectivity index is 1.61. The fourth-order valence-electron chi connectivity index (χ4n) is 4.23. The second-order valence-corrected chi connectivity index (χ2v) is 7.41. The standard InChI is InChI=1S/C20H29N3O3/c1-15-4-3-5-16(2)18(15)19-17(14-22-6-10-24-11-7-22)20(26-21-19)23-8-12-25-13-9-23/h3-5,17,20H,6-14H2,1-2H3/t17-,20-/m1/s1. The van der Waals surface area contributed by atoms with Crippen molar-refractivity contribution < 1.29 is 14.3 Å². The highest BCUT2D eigenvalue weighted by Crippen LogP contribution is 2.30. The predicted molar refractivity (Wildman–Crippen MR) is 100 cm³/mol. The van der Waals surface area contributed by atoms with Crippen molar-refractivity contribution in [2.75, 3.05) is 59.2 Å². The first kappa shape index (κ1) is 17.9. The van der Waals surface area contributed by atoms with Gasteiger partial charge in [0.05, 0.1) is 38.1 Å². The lowest BCUT2D eigenvalue weighted by Crippen LogP contribution is -2.51. The molecule has 3 heterocycles. The largest absolute Gasteiger partial charge is 0.379 e. The molecule has 4 rings (SSSR count). The number of rotatable bonds is 4. The Morgan fingerprint density at radius 2 is 1.58 bits per heavy atom. The van der Waals surface area contributed by atoms with Crippen LogP contribution in [0.1, 0.15) is 16.7 Å². The molecule has 0 amide bonds. The third-order valence-electron chi connectivity index (χ3n) is 5.66. The van der Waals surface area contributed by atoms with E-state index in [1.54, 1.807) is 0 Å². The number of oxime groups is 1. The molecular formula is C20H29N3O3. The number of morpholine rings is 2. The summed E-state index contributed by atoms with van der Waals surface area (Å²) in [5.74, 6) is 0.242. The van der Waals surface area contributed by atoms with Crippen molar-refractivity contribution in [3.8, 4) is 0 Å². The van der Waals surface area contributed by atoms with Crippen LogP contribution in [-0.4, -0.2) is 80.9 Å². The monoisotopic (exact) mass is 359 g/mol. The molecule has 2 atom stereocenters. The summed E-state index contributed by atoms with van der Waals surface area (Å²) in [5, 5.41) is 4.61. The number of ether oxygens (including phenoxy) is 2. The van der Waals surface area contributed by atoms with E-state index in [0.29, 0.717) is 0 Å². The van der Waals surface area contributed by atoms with Crippen LogP contribution in [0.4, 0.5) is 0 Å². The molecule has 0 N–H and O–H groups in total. The molecule has 0 aromatic heterocycles. The second-order valence-electron chi connectivity index (χ2n) is 7.41. The first-order chi connectivity index (χ1) is 12.7. The Morgan fingerprint density at radius 1 is 0.962 bits per heavy atom. The van der Waals surface area contributed by atoms with Gasteiger partial charge in [-0.3, -0.25) is 9.80 Å². The average Bonchev–Trinajstić information content (AvgIpc) is 3.06. The van der Waals surface area contributed by atoms with Crippen LogP contribution in [0, 0.1) is 19.8 Å². The van der Waals surface area contributed by atoms with E-state index in [1.807, 2.05) is 0 Å². The Hall–Kier alpha value is -1.47. The van der Waals surface area contributed by atoms with Crippen LogP contribution in [0.3, 0.4) is 0 Å². The van der Waals surface area contributed by atoms with E-state index in [0.717, 1.165) is 64.9 Å². The van der Waals surface area contributed by atoms with Gasteiger partial charge in [-0.05, 0) is 25.0 Å². The number of nitrogens with zero attached hydrogens (tertiary/aromatic N) is 3. The second kappa shape index (κ2) is 8.05. The van der Waals surface area contributed by atoms with Crippen LogP contribution < -0.4 is 0 Å². The van der Waals surface area contributed by atoms with Crippen molar-refractivity contribution in [1.29, 1.82) is 0 Å². The van der Waals surface area contributed by atoms with Crippen molar-refractivity contribution in [3.63, 3.8) is 0 Å². The predicted octanol–water partition coefficient (Wildman–Crippen LogP) is 1.64. The minimum Gasteiger partial charge on any atom is -0.379 e. The van der Waals surface area contributed by atoms with Gasteiger partial charge in [-0.2, -0.15) is 0 Å². The summed E-state index contributed by atoms with van der Waals surface area (Å²) in [4.78, 5) is 10.9. The third kappa shape index (κ3) is 3.64. The summed E-state index contributed by atoms with van der Waals surface area (Å²) in [6.07, 6.45) is -0.00393. The van der Waals surface area contributed by atoms with Gasteiger partial charge in [0, 0.05) is 38.3 Å². The van der Waals surface area contributed by atoms with E-state index in [4.69, 9.17) is 14.3 Å². The molecule has 0 spiro atoms. The SMILES string of the molecule is Cc1cccc(C)c1C1=NO[C@@H](N2CCOCC2)[C@@H]1CN1CCOCC1. The molecule has 1 aromatic carbocycles. The molecule has 0 aliphatic carbocycles. The van der Waals surface area contributed by atoms with E-state index in [2.05, 4.69) is 47.0 Å². The molecule has 142 valence electrons. The Kier molecular flexibility index (Phi) is 5.55. The third-order valence-corrected chi connectivity index (χ3v) is 5.66. The minimum absolute atomic E-state index is 0.00393. The molecule has 0 radical (unpaired) electrons. The first-order valence-electron chi connectivity index (χ1n) is 9.66. The molecular weight excluding hydrogens is 330 g/mol. The summed E-state index contributed by atoms with van der Waals surface area (Å²) >= 11 is 0. The van der Waals surface area contributed by atoms with Gasteiger partial charge >= 0.3 is 0 Å². The molecule has 3 aliphatic heterocycles. The van der Waals surface area contributed by atoms with Gasteiger partial charge in [0.1, 0.15) is 0 Å². The van der Waals surface area contributed by atoms with Crippen molar-refractivity contribution in [3.05, 3.63) is 34.9 Å². The van der Waals surface area contributed by atoms with E-state index in [1.165, 1.54) is 16.7 Å². The molecule has 2 fully saturated rings. The van der Waals surface area contributed by atoms with Gasteiger partial charge in [0.25, 0.3) is 0 Å². The summed E-state index contributed by atoms with van der Waals surface area (Å²) in [6, 6.07) is 6.44.